The van der Waals surface area contributed by atoms with Crippen LogP contribution in [-0.2, 0) is 18.0 Å². The minimum absolute atomic E-state index is 0.0404. The fourth-order valence-electron chi connectivity index (χ4n) is 12.9. The number of hydrogen-bond acceptors (Lipinski definition) is 4. The van der Waals surface area contributed by atoms with E-state index in [4.69, 9.17) is 18.0 Å². The van der Waals surface area contributed by atoms with Crippen molar-refractivity contribution in [3.05, 3.63) is 46.7 Å². The van der Waals surface area contributed by atoms with Gasteiger partial charge < -0.3 is 18.0 Å². The van der Waals surface area contributed by atoms with Crippen molar-refractivity contribution in [3.63, 3.8) is 0 Å². The quantitative estimate of drug-likeness (QED) is 0.108. The van der Waals surface area contributed by atoms with Crippen LogP contribution in [0, 0.1) is 11.8 Å². The standard InChI is InChI=1S/C48H88O4Si3/c1-31(2)53(32(3)4,33(5)6)50-44(40-24-20-19-21-25-40)28-41-29-47(52-55(37(13)14,38(15)16)39(17)18)48-43-27-23-22-26-42(43)45(30-46(48)49-41)51-54(34(7)8,35(9)10)36(11)12/h20,24,29,31-39,41,43,46,48H,19,21-23,25-28,30H2,1-18H3/b44-40+/t41-,43+,46-,48+/m0/s1. The molecule has 4 aliphatic rings. The lowest BCUT2D eigenvalue weighted by molar-refractivity contribution is -0.0655. The van der Waals surface area contributed by atoms with Gasteiger partial charge in [0.1, 0.15) is 0 Å². The first-order valence-corrected chi connectivity index (χ1v) is 29.6. The van der Waals surface area contributed by atoms with Crippen molar-refractivity contribution in [2.75, 3.05) is 0 Å². The molecule has 0 amide bonds. The molecule has 1 saturated carbocycles. The highest BCUT2D eigenvalue weighted by atomic mass is 28.4. The highest BCUT2D eigenvalue weighted by Crippen LogP contribution is 2.55. The van der Waals surface area contributed by atoms with Gasteiger partial charge in [0.25, 0.3) is 25.0 Å². The maximum atomic E-state index is 7.91. The molecule has 1 fully saturated rings. The second kappa shape index (κ2) is 18.9. The van der Waals surface area contributed by atoms with Crippen LogP contribution in [0.3, 0.4) is 0 Å². The molecule has 7 heteroatoms. The molecule has 0 aromatic carbocycles. The molecule has 0 unspecified atom stereocenters. The van der Waals surface area contributed by atoms with Crippen molar-refractivity contribution in [1.82, 2.24) is 0 Å². The van der Waals surface area contributed by atoms with Gasteiger partial charge in [0.05, 0.1) is 29.5 Å². The van der Waals surface area contributed by atoms with Gasteiger partial charge in [-0.05, 0) is 112 Å². The third kappa shape index (κ3) is 9.10. The summed E-state index contributed by atoms with van der Waals surface area (Å²) in [5.41, 5.74) is 7.67. The molecule has 1 aliphatic heterocycles. The van der Waals surface area contributed by atoms with E-state index in [-0.39, 0.29) is 18.1 Å². The molecule has 4 atom stereocenters. The highest BCUT2D eigenvalue weighted by molar-refractivity contribution is 6.78. The molecule has 0 bridgehead atoms. The van der Waals surface area contributed by atoms with Crippen LogP contribution in [0.4, 0.5) is 0 Å². The summed E-state index contributed by atoms with van der Waals surface area (Å²) in [5, 5.41) is 0. The SMILES string of the molecule is CC(C)[Si](OC1=C[C@H](C/C(O[Si](C(C)C)(C(C)C)C(C)C)=C2/C=CCCC2)O[C@H]2CC(O[Si](C(C)C)(C(C)C)C(C)C)=C3CCCC[C@H]3[C@@H]12)(C(C)C)C(C)C. The Hall–Kier alpha value is -1.03. The van der Waals surface area contributed by atoms with E-state index in [1.807, 2.05) is 0 Å². The lowest BCUT2D eigenvalue weighted by Crippen LogP contribution is -2.53. The molecule has 0 radical (unpaired) electrons. The van der Waals surface area contributed by atoms with Crippen LogP contribution in [0.15, 0.2) is 46.7 Å². The summed E-state index contributed by atoms with van der Waals surface area (Å²) in [6.07, 6.45) is 17.1. The number of rotatable bonds is 17. The van der Waals surface area contributed by atoms with Gasteiger partial charge in [-0.25, -0.2) is 0 Å². The van der Waals surface area contributed by atoms with Crippen molar-refractivity contribution in [2.45, 2.75) is 244 Å². The molecule has 0 saturated heterocycles. The molecule has 55 heavy (non-hydrogen) atoms. The van der Waals surface area contributed by atoms with Crippen molar-refractivity contribution in [2.24, 2.45) is 11.8 Å². The van der Waals surface area contributed by atoms with Crippen molar-refractivity contribution in [3.8, 4) is 0 Å². The molecule has 0 aromatic rings. The summed E-state index contributed by atoms with van der Waals surface area (Å²) < 4.78 is 30.9. The van der Waals surface area contributed by atoms with Gasteiger partial charge in [-0.2, -0.15) is 0 Å². The van der Waals surface area contributed by atoms with Gasteiger partial charge >= 0.3 is 0 Å². The fourth-order valence-corrected chi connectivity index (χ4v) is 29.0. The molecular weight excluding hydrogens is 725 g/mol. The highest BCUT2D eigenvalue weighted by Gasteiger charge is 2.55. The maximum absolute atomic E-state index is 7.91. The molecule has 0 N–H and O–H groups in total. The molecule has 0 aromatic heterocycles. The predicted molar refractivity (Wildman–Crippen MR) is 245 cm³/mol. The van der Waals surface area contributed by atoms with Crippen molar-refractivity contribution >= 4 is 25.0 Å². The Balaban J connectivity index is 1.91. The zero-order valence-corrected chi connectivity index (χ0v) is 42.2. The number of hydrogen-bond donors (Lipinski definition) is 0. The summed E-state index contributed by atoms with van der Waals surface area (Å²) in [4.78, 5) is 0. The zero-order valence-electron chi connectivity index (χ0n) is 39.2. The van der Waals surface area contributed by atoms with Crippen LogP contribution in [0.5, 0.6) is 0 Å². The Bertz CT molecular complexity index is 1330. The first-order valence-electron chi connectivity index (χ1n) is 23.2. The largest absolute Gasteiger partial charge is 0.546 e. The molecule has 4 rings (SSSR count). The second-order valence-corrected chi connectivity index (χ2v) is 37.1. The number of fused-ring (bicyclic) bond motifs is 3. The van der Waals surface area contributed by atoms with E-state index < -0.39 is 25.0 Å². The van der Waals surface area contributed by atoms with Crippen LogP contribution in [0.2, 0.25) is 49.9 Å². The van der Waals surface area contributed by atoms with E-state index in [0.717, 1.165) is 32.1 Å². The molecule has 316 valence electrons. The molecule has 3 aliphatic carbocycles. The van der Waals surface area contributed by atoms with Crippen LogP contribution >= 0.6 is 0 Å². The maximum Gasteiger partial charge on any atom is 0.258 e. The monoisotopic (exact) mass is 813 g/mol. The van der Waals surface area contributed by atoms with E-state index in [2.05, 4.69) is 143 Å². The topological polar surface area (TPSA) is 36.9 Å². The summed E-state index contributed by atoms with van der Waals surface area (Å²) in [7, 11) is -6.60. The molecule has 0 spiro atoms. The van der Waals surface area contributed by atoms with Crippen molar-refractivity contribution < 1.29 is 18.0 Å². The van der Waals surface area contributed by atoms with Crippen LogP contribution in [-0.4, -0.2) is 37.2 Å². The van der Waals surface area contributed by atoms with Crippen LogP contribution in [0.1, 0.15) is 182 Å². The van der Waals surface area contributed by atoms with Gasteiger partial charge in [0.15, 0.2) is 0 Å². The van der Waals surface area contributed by atoms with Gasteiger partial charge in [0, 0.05) is 18.8 Å². The minimum atomic E-state index is -2.24. The minimum Gasteiger partial charge on any atom is -0.546 e. The molecule has 1 heterocycles. The Labute approximate surface area is 344 Å². The van der Waals surface area contributed by atoms with Gasteiger partial charge in [-0.3, -0.25) is 0 Å². The normalized spacial score (nSPS) is 25.3. The first kappa shape index (κ1) is 46.7. The van der Waals surface area contributed by atoms with Gasteiger partial charge in [-0.1, -0.05) is 143 Å². The summed E-state index contributed by atoms with van der Waals surface area (Å²) in [6.45, 7) is 43.7. The fraction of sp³-hybridized carbons (Fsp3) is 0.833. The average molecular weight is 813 g/mol. The lowest BCUT2D eigenvalue weighted by Gasteiger charge is -2.52. The number of ether oxygens (including phenoxy) is 1. The smallest absolute Gasteiger partial charge is 0.258 e. The van der Waals surface area contributed by atoms with Crippen molar-refractivity contribution in [1.29, 1.82) is 0 Å². The van der Waals surface area contributed by atoms with E-state index in [1.165, 1.54) is 48.5 Å². The lowest BCUT2D eigenvalue weighted by atomic mass is 9.67. The summed E-state index contributed by atoms with van der Waals surface area (Å²) in [5.74, 6) is 4.44. The Kier molecular flexibility index (Phi) is 16.0. The van der Waals surface area contributed by atoms with Gasteiger partial charge in [0.2, 0.25) is 0 Å². The number of allylic oxidation sites excluding steroid dienone is 4. The summed E-state index contributed by atoms with van der Waals surface area (Å²) in [6, 6.07) is 0. The van der Waals surface area contributed by atoms with Crippen LogP contribution in [0.25, 0.3) is 0 Å². The second-order valence-electron chi connectivity index (χ2n) is 21.0. The Morgan fingerprint density at radius 2 is 1.15 bits per heavy atom. The Morgan fingerprint density at radius 3 is 1.62 bits per heavy atom. The third-order valence-electron chi connectivity index (χ3n) is 15.2. The van der Waals surface area contributed by atoms with E-state index in [1.54, 1.807) is 5.57 Å². The summed E-state index contributed by atoms with van der Waals surface area (Å²) >= 11 is 0. The first-order chi connectivity index (χ1) is 25.7. The predicted octanol–water partition coefficient (Wildman–Crippen LogP) is 16.1. The zero-order chi connectivity index (χ0) is 41.2. The van der Waals surface area contributed by atoms with E-state index in [9.17, 15) is 0 Å². The average Bonchev–Trinajstić information content (AvgIpc) is 3.09. The van der Waals surface area contributed by atoms with E-state index >= 15 is 0 Å². The molecular formula is C48H88O4Si3. The van der Waals surface area contributed by atoms with Crippen LogP contribution < -0.4 is 0 Å². The molecule has 4 nitrogen and oxygen atoms in total. The Morgan fingerprint density at radius 1 is 0.636 bits per heavy atom. The third-order valence-corrected chi connectivity index (χ3v) is 33.2. The van der Waals surface area contributed by atoms with E-state index in [0.29, 0.717) is 55.8 Å². The van der Waals surface area contributed by atoms with Gasteiger partial charge in [-0.15, -0.1) is 0 Å².